The Balaban J connectivity index is 1.43. The number of fused-ring (bicyclic) bond motifs is 1. The first-order chi connectivity index (χ1) is 15.0. The summed E-state index contributed by atoms with van der Waals surface area (Å²) >= 11 is 1.32. The fraction of sp³-hybridized carbons (Fsp3) is 0.0870. The van der Waals surface area contributed by atoms with Crippen LogP contribution in [0.3, 0.4) is 0 Å². The maximum atomic E-state index is 13.1. The van der Waals surface area contributed by atoms with E-state index >= 15 is 0 Å². The van der Waals surface area contributed by atoms with E-state index in [1.807, 2.05) is 35.9 Å². The topological polar surface area (TPSA) is 76.0 Å². The monoisotopic (exact) mass is 434 g/mol. The van der Waals surface area contributed by atoms with Crippen LogP contribution in [0, 0.1) is 5.82 Å². The Morgan fingerprint density at radius 2 is 1.68 bits per heavy atom. The lowest BCUT2D eigenvalue weighted by molar-refractivity contribution is -0.113. The second kappa shape index (κ2) is 9.01. The summed E-state index contributed by atoms with van der Waals surface area (Å²) in [7, 11) is 1.91. The molecule has 0 aliphatic carbocycles. The standard InChI is InChI=1S/C23H19FN4O2S/c1-28-20-9-5-4-8-19(20)27-23(28)31-14-21(29)26-18-7-3-2-6-17(18)22(30)25-16-12-10-15(24)11-13-16/h2-13H,14H2,1H3,(H,25,30)(H,26,29). The molecule has 156 valence electrons. The van der Waals surface area contributed by atoms with Crippen LogP contribution in [0.5, 0.6) is 0 Å². The minimum absolute atomic E-state index is 0.144. The largest absolute Gasteiger partial charge is 0.325 e. The van der Waals surface area contributed by atoms with Gasteiger partial charge >= 0.3 is 0 Å². The third-order valence-corrected chi connectivity index (χ3v) is 5.66. The van der Waals surface area contributed by atoms with Gasteiger partial charge in [0.2, 0.25) is 5.91 Å². The van der Waals surface area contributed by atoms with Gasteiger partial charge in [-0.3, -0.25) is 9.59 Å². The molecule has 31 heavy (non-hydrogen) atoms. The Kier molecular flexibility index (Phi) is 5.99. The van der Waals surface area contributed by atoms with Crippen molar-refractivity contribution >= 4 is 46.0 Å². The number of aryl methyl sites for hydroxylation is 1. The summed E-state index contributed by atoms with van der Waals surface area (Å²) in [5.41, 5.74) is 3.04. The highest BCUT2D eigenvalue weighted by Gasteiger charge is 2.15. The van der Waals surface area contributed by atoms with E-state index < -0.39 is 5.91 Å². The zero-order valence-corrected chi connectivity index (χ0v) is 17.4. The number of anilines is 2. The molecule has 2 N–H and O–H groups in total. The molecule has 3 aromatic carbocycles. The number of hydrogen-bond acceptors (Lipinski definition) is 4. The van der Waals surface area contributed by atoms with Crippen molar-refractivity contribution in [2.24, 2.45) is 7.05 Å². The zero-order chi connectivity index (χ0) is 21.8. The number of nitrogens with zero attached hydrogens (tertiary/aromatic N) is 2. The molecule has 0 bridgehead atoms. The van der Waals surface area contributed by atoms with Gasteiger partial charge in [-0.1, -0.05) is 36.0 Å². The normalized spacial score (nSPS) is 10.8. The third kappa shape index (κ3) is 4.75. The first-order valence-corrected chi connectivity index (χ1v) is 10.5. The summed E-state index contributed by atoms with van der Waals surface area (Å²) in [5, 5.41) is 6.23. The second-order valence-corrected chi connectivity index (χ2v) is 7.73. The fourth-order valence-corrected chi connectivity index (χ4v) is 3.88. The minimum Gasteiger partial charge on any atom is -0.325 e. The van der Waals surface area contributed by atoms with Gasteiger partial charge in [-0.25, -0.2) is 9.37 Å². The molecule has 0 aliphatic rings. The lowest BCUT2D eigenvalue weighted by atomic mass is 10.1. The third-order valence-electron chi connectivity index (χ3n) is 4.63. The van der Waals surface area contributed by atoms with E-state index in [1.54, 1.807) is 24.3 Å². The van der Waals surface area contributed by atoms with E-state index in [4.69, 9.17) is 0 Å². The van der Waals surface area contributed by atoms with Crippen LogP contribution in [0.25, 0.3) is 11.0 Å². The molecular formula is C23H19FN4O2S. The van der Waals surface area contributed by atoms with Gasteiger partial charge in [0.05, 0.1) is 28.0 Å². The lowest BCUT2D eigenvalue weighted by Gasteiger charge is -2.11. The minimum atomic E-state index is -0.398. The van der Waals surface area contributed by atoms with E-state index in [0.29, 0.717) is 16.9 Å². The highest BCUT2D eigenvalue weighted by Crippen LogP contribution is 2.23. The molecule has 0 spiro atoms. The Morgan fingerprint density at radius 3 is 2.45 bits per heavy atom. The van der Waals surface area contributed by atoms with Gasteiger partial charge in [-0.15, -0.1) is 0 Å². The highest BCUT2D eigenvalue weighted by molar-refractivity contribution is 7.99. The molecule has 1 aromatic heterocycles. The van der Waals surface area contributed by atoms with Crippen molar-refractivity contribution < 1.29 is 14.0 Å². The second-order valence-electron chi connectivity index (χ2n) is 6.79. The number of rotatable bonds is 6. The molecule has 4 aromatic rings. The Morgan fingerprint density at radius 1 is 0.968 bits per heavy atom. The van der Waals surface area contributed by atoms with Gasteiger partial charge in [0.1, 0.15) is 5.82 Å². The Bertz CT molecular complexity index is 1250. The molecule has 0 radical (unpaired) electrons. The van der Waals surface area contributed by atoms with E-state index in [-0.39, 0.29) is 17.5 Å². The molecule has 4 rings (SSSR count). The van der Waals surface area contributed by atoms with Crippen LogP contribution in [0.1, 0.15) is 10.4 Å². The number of carbonyl (C=O) groups is 2. The van der Waals surface area contributed by atoms with Crippen molar-refractivity contribution in [3.8, 4) is 0 Å². The van der Waals surface area contributed by atoms with Crippen LogP contribution in [-0.2, 0) is 11.8 Å². The number of benzene rings is 3. The van der Waals surface area contributed by atoms with Crippen molar-refractivity contribution in [1.29, 1.82) is 0 Å². The van der Waals surface area contributed by atoms with E-state index in [9.17, 15) is 14.0 Å². The molecule has 2 amide bonds. The highest BCUT2D eigenvalue weighted by atomic mass is 32.2. The van der Waals surface area contributed by atoms with Crippen LogP contribution in [0.4, 0.5) is 15.8 Å². The SMILES string of the molecule is Cn1c(SCC(=O)Nc2ccccc2C(=O)Nc2ccc(F)cc2)nc2ccccc21. The Labute approximate surface area is 182 Å². The van der Waals surface area contributed by atoms with Gasteiger partial charge < -0.3 is 15.2 Å². The van der Waals surface area contributed by atoms with E-state index in [2.05, 4.69) is 15.6 Å². The predicted molar refractivity (Wildman–Crippen MR) is 121 cm³/mol. The van der Waals surface area contributed by atoms with E-state index in [0.717, 1.165) is 16.2 Å². The van der Waals surface area contributed by atoms with Gasteiger partial charge in [0.25, 0.3) is 5.91 Å². The van der Waals surface area contributed by atoms with Gasteiger partial charge in [-0.2, -0.15) is 0 Å². The van der Waals surface area contributed by atoms with Crippen LogP contribution < -0.4 is 10.6 Å². The molecular weight excluding hydrogens is 415 g/mol. The summed E-state index contributed by atoms with van der Waals surface area (Å²) in [5.74, 6) is -0.890. The number of aromatic nitrogens is 2. The smallest absolute Gasteiger partial charge is 0.257 e. The van der Waals surface area contributed by atoms with Crippen LogP contribution in [0.2, 0.25) is 0 Å². The number of halogens is 1. The molecule has 1 heterocycles. The molecule has 0 aliphatic heterocycles. The predicted octanol–water partition coefficient (Wildman–Crippen LogP) is 4.70. The Hall–Kier alpha value is -3.65. The molecule has 0 saturated heterocycles. The van der Waals surface area contributed by atoms with Gasteiger partial charge in [0, 0.05) is 12.7 Å². The van der Waals surface area contributed by atoms with Crippen molar-refractivity contribution in [3.63, 3.8) is 0 Å². The van der Waals surface area contributed by atoms with Crippen LogP contribution in [0.15, 0.2) is 78.0 Å². The van der Waals surface area contributed by atoms with Crippen molar-refractivity contribution in [3.05, 3.63) is 84.2 Å². The molecule has 0 saturated carbocycles. The molecule has 6 nitrogen and oxygen atoms in total. The molecule has 0 unspecified atom stereocenters. The first kappa shape index (κ1) is 20.6. The number of carbonyl (C=O) groups excluding carboxylic acids is 2. The maximum Gasteiger partial charge on any atom is 0.257 e. The molecule has 0 fully saturated rings. The number of amides is 2. The van der Waals surface area contributed by atoms with Crippen LogP contribution >= 0.6 is 11.8 Å². The fourth-order valence-electron chi connectivity index (χ4n) is 3.09. The number of imidazole rings is 1. The van der Waals surface area contributed by atoms with Crippen molar-refractivity contribution in [1.82, 2.24) is 9.55 Å². The van der Waals surface area contributed by atoms with Crippen LogP contribution in [-0.4, -0.2) is 27.1 Å². The molecule has 8 heteroatoms. The number of para-hydroxylation sites is 3. The average Bonchev–Trinajstić information content (AvgIpc) is 3.10. The lowest BCUT2D eigenvalue weighted by Crippen LogP contribution is -2.19. The van der Waals surface area contributed by atoms with Gasteiger partial charge in [-0.05, 0) is 48.5 Å². The molecule has 0 atom stereocenters. The summed E-state index contributed by atoms with van der Waals surface area (Å²) in [6, 6.07) is 20.0. The summed E-state index contributed by atoms with van der Waals surface area (Å²) in [6.07, 6.45) is 0. The van der Waals surface area contributed by atoms with Crippen molar-refractivity contribution in [2.45, 2.75) is 5.16 Å². The van der Waals surface area contributed by atoms with Crippen molar-refractivity contribution in [2.75, 3.05) is 16.4 Å². The zero-order valence-electron chi connectivity index (χ0n) is 16.6. The first-order valence-electron chi connectivity index (χ1n) is 9.51. The summed E-state index contributed by atoms with van der Waals surface area (Å²) in [6.45, 7) is 0. The average molecular weight is 434 g/mol. The summed E-state index contributed by atoms with van der Waals surface area (Å²) in [4.78, 5) is 29.7. The number of thioether (sulfide) groups is 1. The maximum absolute atomic E-state index is 13.1. The van der Waals surface area contributed by atoms with Gasteiger partial charge in [0.15, 0.2) is 5.16 Å². The van der Waals surface area contributed by atoms with E-state index in [1.165, 1.54) is 36.0 Å². The quantitative estimate of drug-likeness (QED) is 0.432. The summed E-state index contributed by atoms with van der Waals surface area (Å²) < 4.78 is 15.0. The number of hydrogen-bond donors (Lipinski definition) is 2. The number of nitrogens with one attached hydrogen (secondary N) is 2.